The summed E-state index contributed by atoms with van der Waals surface area (Å²) >= 11 is 7.50. The molecule has 3 atom stereocenters. The van der Waals surface area contributed by atoms with Crippen LogP contribution in [-0.4, -0.2) is 55.5 Å². The normalized spacial score (nSPS) is 30.7. The molecule has 3 aliphatic heterocycles. The number of hydrogen-bond acceptors (Lipinski definition) is 5. The molecule has 1 saturated carbocycles. The average Bonchev–Trinajstić information content (AvgIpc) is 3.29. The highest BCUT2D eigenvalue weighted by Crippen LogP contribution is 2.50. The smallest absolute Gasteiger partial charge is 0.353 e. The van der Waals surface area contributed by atoms with E-state index in [1.165, 1.54) is 16.7 Å². The Morgan fingerprint density at radius 2 is 1.86 bits per heavy atom. The quantitative estimate of drug-likeness (QED) is 0.710. The third-order valence-corrected chi connectivity index (χ3v) is 8.03. The van der Waals surface area contributed by atoms with E-state index in [4.69, 9.17) is 11.6 Å². The van der Waals surface area contributed by atoms with Gasteiger partial charge in [-0.2, -0.15) is 0 Å². The van der Waals surface area contributed by atoms with Crippen LogP contribution in [0.1, 0.15) is 37.3 Å². The molecule has 2 N–H and O–H groups in total. The molecule has 3 heterocycles. The van der Waals surface area contributed by atoms with Gasteiger partial charge in [0.1, 0.15) is 23.2 Å². The number of amides is 2. The van der Waals surface area contributed by atoms with Crippen LogP contribution in [0.2, 0.25) is 0 Å². The fraction of sp³-hybridized carbons (Fsp3) is 0.450. The van der Waals surface area contributed by atoms with E-state index < -0.39 is 29.1 Å². The number of carbonyl (C=O) groups is 3. The minimum absolute atomic E-state index is 0.116. The van der Waals surface area contributed by atoms with E-state index in [1.807, 2.05) is 30.3 Å². The molecule has 1 spiro atoms. The number of aliphatic carboxylic acids is 1. The maximum Gasteiger partial charge on any atom is 0.353 e. The monoisotopic (exact) mass is 433 g/mol. The lowest BCUT2D eigenvalue weighted by Crippen LogP contribution is -2.74. The molecule has 0 radical (unpaired) electrons. The topological polar surface area (TPSA) is 90.0 Å². The van der Waals surface area contributed by atoms with Gasteiger partial charge < -0.3 is 10.0 Å². The number of rotatable bonds is 3. The molecule has 4 aliphatic rings. The third-order valence-electron chi connectivity index (χ3n) is 6.30. The molecule has 1 aliphatic carbocycles. The first-order chi connectivity index (χ1) is 13.9. The molecule has 1 aromatic rings. The highest BCUT2D eigenvalue weighted by atomic mass is 35.5. The van der Waals surface area contributed by atoms with Crippen LogP contribution in [0.5, 0.6) is 0 Å². The fourth-order valence-corrected chi connectivity index (χ4v) is 6.63. The van der Waals surface area contributed by atoms with E-state index in [1.54, 1.807) is 4.90 Å². The number of nitrogens with zero attached hydrogens (tertiary/aromatic N) is 2. The first-order valence-electron chi connectivity index (χ1n) is 9.67. The average molecular weight is 434 g/mol. The summed E-state index contributed by atoms with van der Waals surface area (Å²) < 4.78 is 0. The molecule has 7 nitrogen and oxygen atoms in total. The van der Waals surface area contributed by atoms with Gasteiger partial charge in [0.25, 0.3) is 5.91 Å². The van der Waals surface area contributed by atoms with Crippen molar-refractivity contribution in [1.29, 1.82) is 0 Å². The second-order valence-corrected chi connectivity index (χ2v) is 9.41. The molecule has 3 fully saturated rings. The Labute approximate surface area is 177 Å². The van der Waals surface area contributed by atoms with Gasteiger partial charge in [0.2, 0.25) is 5.91 Å². The van der Waals surface area contributed by atoms with Crippen LogP contribution >= 0.6 is 23.4 Å². The standard InChI is InChI=1S/C20H20ClN3O4S/c21-12-10-29-18-15(17(26)23(18)14(12)19(27)28)24-16(25)13(11-6-2-1-3-7-11)22-20(24)8-4-5-9-20/h1-3,6-7,13,15,18,22H,4-5,8-10H2,(H,27,28)/t13?,15-,18-/m1/s1. The molecule has 0 aromatic heterocycles. The number of carbonyl (C=O) groups excluding carboxylic acids is 2. The van der Waals surface area contributed by atoms with E-state index in [2.05, 4.69) is 5.32 Å². The van der Waals surface area contributed by atoms with Crippen molar-refractivity contribution in [2.45, 2.75) is 48.8 Å². The van der Waals surface area contributed by atoms with Gasteiger partial charge in [-0.15, -0.1) is 11.8 Å². The summed E-state index contributed by atoms with van der Waals surface area (Å²) in [5.74, 6) is -1.38. The number of β-lactam (4-membered cyclic amide) rings is 1. The van der Waals surface area contributed by atoms with E-state index in [0.29, 0.717) is 5.75 Å². The largest absolute Gasteiger partial charge is 0.477 e. The zero-order valence-electron chi connectivity index (χ0n) is 15.5. The molecule has 5 rings (SSSR count). The van der Waals surface area contributed by atoms with Crippen LogP contribution in [0, 0.1) is 0 Å². The van der Waals surface area contributed by atoms with Crippen molar-refractivity contribution in [3.8, 4) is 0 Å². The Morgan fingerprint density at radius 3 is 2.52 bits per heavy atom. The van der Waals surface area contributed by atoms with Crippen molar-refractivity contribution >= 4 is 41.1 Å². The van der Waals surface area contributed by atoms with Gasteiger partial charge >= 0.3 is 5.97 Å². The summed E-state index contributed by atoms with van der Waals surface area (Å²) in [4.78, 5) is 41.3. The molecular formula is C20H20ClN3O4S. The first-order valence-corrected chi connectivity index (χ1v) is 11.1. The van der Waals surface area contributed by atoms with Gasteiger partial charge in [0.05, 0.1) is 10.7 Å². The number of carboxylic acids is 1. The highest BCUT2D eigenvalue weighted by Gasteiger charge is 2.64. The van der Waals surface area contributed by atoms with E-state index in [9.17, 15) is 19.5 Å². The SMILES string of the molecule is O=C(O)C1=C(Cl)CS[C@@H]2[C@H](N3C(=O)C(c4ccccc4)NC34CCCC4)C(=O)N12. The lowest BCUT2D eigenvalue weighted by Gasteiger charge is -2.54. The van der Waals surface area contributed by atoms with Crippen molar-refractivity contribution in [3.63, 3.8) is 0 Å². The van der Waals surface area contributed by atoms with Gasteiger partial charge in [0.15, 0.2) is 0 Å². The second-order valence-electron chi connectivity index (χ2n) is 7.85. The molecule has 2 saturated heterocycles. The Morgan fingerprint density at radius 1 is 1.17 bits per heavy atom. The number of benzene rings is 1. The lowest BCUT2D eigenvalue weighted by atomic mass is 9.98. The number of hydrogen-bond donors (Lipinski definition) is 2. The molecule has 0 bridgehead atoms. The van der Waals surface area contributed by atoms with Crippen LogP contribution in [0.4, 0.5) is 0 Å². The van der Waals surface area contributed by atoms with Gasteiger partial charge in [-0.05, 0) is 31.2 Å². The minimum Gasteiger partial charge on any atom is -0.477 e. The van der Waals surface area contributed by atoms with Crippen LogP contribution in [-0.2, 0) is 14.4 Å². The van der Waals surface area contributed by atoms with Crippen LogP contribution in [0.15, 0.2) is 41.1 Å². The summed E-state index contributed by atoms with van der Waals surface area (Å²) in [5, 5.41) is 12.8. The van der Waals surface area contributed by atoms with Gasteiger partial charge in [-0.3, -0.25) is 19.8 Å². The Kier molecular flexibility index (Phi) is 4.42. The van der Waals surface area contributed by atoms with Crippen LogP contribution in [0.25, 0.3) is 0 Å². The van der Waals surface area contributed by atoms with Crippen LogP contribution < -0.4 is 5.32 Å². The number of carboxylic acid groups (broad SMARTS) is 1. The zero-order valence-corrected chi connectivity index (χ0v) is 17.1. The summed E-state index contributed by atoms with van der Waals surface area (Å²) in [6.45, 7) is 0. The number of nitrogens with one attached hydrogen (secondary N) is 1. The molecule has 9 heteroatoms. The molecule has 1 unspecified atom stereocenters. The number of fused-ring (bicyclic) bond motifs is 1. The Bertz CT molecular complexity index is 931. The maximum absolute atomic E-state index is 13.5. The zero-order chi connectivity index (χ0) is 20.3. The van der Waals surface area contributed by atoms with Gasteiger partial charge in [-0.1, -0.05) is 41.9 Å². The van der Waals surface area contributed by atoms with Crippen LogP contribution in [0.3, 0.4) is 0 Å². The second kappa shape index (κ2) is 6.75. The lowest BCUT2D eigenvalue weighted by molar-refractivity contribution is -0.163. The fourth-order valence-electron chi connectivity index (χ4n) is 5.04. The molecular weight excluding hydrogens is 414 g/mol. The maximum atomic E-state index is 13.5. The number of thioether (sulfide) groups is 1. The van der Waals surface area contributed by atoms with Crippen molar-refractivity contribution < 1.29 is 19.5 Å². The number of halogens is 1. The van der Waals surface area contributed by atoms with Crippen molar-refractivity contribution in [2.75, 3.05) is 5.75 Å². The van der Waals surface area contributed by atoms with Crippen molar-refractivity contribution in [1.82, 2.24) is 15.1 Å². The van der Waals surface area contributed by atoms with E-state index >= 15 is 0 Å². The van der Waals surface area contributed by atoms with E-state index in [0.717, 1.165) is 31.2 Å². The van der Waals surface area contributed by atoms with Crippen molar-refractivity contribution in [3.05, 3.63) is 46.6 Å². The molecule has 2 amide bonds. The summed E-state index contributed by atoms with van der Waals surface area (Å²) in [7, 11) is 0. The third kappa shape index (κ3) is 2.65. The van der Waals surface area contributed by atoms with Gasteiger partial charge in [-0.25, -0.2) is 4.79 Å². The minimum atomic E-state index is -1.21. The predicted molar refractivity (Wildman–Crippen MR) is 108 cm³/mol. The van der Waals surface area contributed by atoms with Crippen molar-refractivity contribution in [2.24, 2.45) is 0 Å². The molecule has 1 aromatic carbocycles. The van der Waals surface area contributed by atoms with E-state index in [-0.39, 0.29) is 22.5 Å². The first kappa shape index (κ1) is 19.0. The molecule has 29 heavy (non-hydrogen) atoms. The summed E-state index contributed by atoms with van der Waals surface area (Å²) in [6.07, 6.45) is 3.52. The Hall–Kier alpha value is -2.03. The predicted octanol–water partition coefficient (Wildman–Crippen LogP) is 2.25. The summed E-state index contributed by atoms with van der Waals surface area (Å²) in [5.41, 5.74) is 0.163. The summed E-state index contributed by atoms with van der Waals surface area (Å²) in [6, 6.07) is 8.35. The Balaban J connectivity index is 1.51. The van der Waals surface area contributed by atoms with Gasteiger partial charge in [0, 0.05) is 5.75 Å². The highest BCUT2D eigenvalue weighted by molar-refractivity contribution is 8.00. The molecule has 152 valence electrons.